The Morgan fingerprint density at radius 2 is 1.78 bits per heavy atom. The first-order valence-electron chi connectivity index (χ1n) is 7.82. The molecule has 1 fully saturated rings. The van der Waals surface area contributed by atoms with Gasteiger partial charge in [0.25, 0.3) is 0 Å². The van der Waals surface area contributed by atoms with Gasteiger partial charge in [-0.15, -0.1) is 0 Å². The van der Waals surface area contributed by atoms with E-state index in [1.54, 1.807) is 21.3 Å². The number of aliphatic carboxylic acids is 1. The van der Waals surface area contributed by atoms with E-state index in [-0.39, 0.29) is 6.04 Å². The van der Waals surface area contributed by atoms with Crippen molar-refractivity contribution in [2.75, 3.05) is 27.9 Å². The summed E-state index contributed by atoms with van der Waals surface area (Å²) in [6.07, 6.45) is 2.65. The minimum Gasteiger partial charge on any atom is -0.493 e. The Kier molecular flexibility index (Phi) is 5.71. The van der Waals surface area contributed by atoms with Gasteiger partial charge in [0.2, 0.25) is 5.75 Å². The molecule has 0 bridgehead atoms. The topological polar surface area (TPSA) is 68.2 Å². The predicted molar refractivity (Wildman–Crippen MR) is 86.5 cm³/mol. The molecule has 1 saturated heterocycles. The molecule has 0 aromatic heterocycles. The normalized spacial score (nSPS) is 19.9. The fourth-order valence-corrected chi connectivity index (χ4v) is 3.22. The number of carboxylic acids is 1. The van der Waals surface area contributed by atoms with Gasteiger partial charge in [0.05, 0.1) is 21.3 Å². The van der Waals surface area contributed by atoms with E-state index >= 15 is 0 Å². The standard InChI is InChI=1S/C17H25NO5/c1-11(18-8-6-5-7-13(18)17(19)20)12-9-14(21-2)16(23-4)15(10-12)22-3/h9-11,13H,5-8H2,1-4H3,(H,19,20). The molecule has 1 aliphatic rings. The molecular weight excluding hydrogens is 298 g/mol. The summed E-state index contributed by atoms with van der Waals surface area (Å²) in [5.74, 6) is 0.943. The number of carboxylic acid groups (broad SMARTS) is 1. The summed E-state index contributed by atoms with van der Waals surface area (Å²) >= 11 is 0. The number of hydrogen-bond acceptors (Lipinski definition) is 5. The lowest BCUT2D eigenvalue weighted by molar-refractivity contribution is -0.145. The van der Waals surface area contributed by atoms with Gasteiger partial charge in [0, 0.05) is 6.04 Å². The summed E-state index contributed by atoms with van der Waals surface area (Å²) < 4.78 is 16.1. The average Bonchev–Trinajstić information content (AvgIpc) is 2.59. The second kappa shape index (κ2) is 7.55. The first-order valence-corrected chi connectivity index (χ1v) is 7.82. The summed E-state index contributed by atoms with van der Waals surface area (Å²) in [5, 5.41) is 9.48. The Morgan fingerprint density at radius 3 is 2.26 bits per heavy atom. The van der Waals surface area contributed by atoms with Gasteiger partial charge in [-0.05, 0) is 44.0 Å². The molecular formula is C17H25NO5. The molecule has 2 unspecified atom stereocenters. The van der Waals surface area contributed by atoms with Gasteiger partial charge in [0.15, 0.2) is 11.5 Å². The summed E-state index contributed by atoms with van der Waals surface area (Å²) in [7, 11) is 4.72. The highest BCUT2D eigenvalue weighted by atomic mass is 16.5. The van der Waals surface area contributed by atoms with Crippen molar-refractivity contribution in [2.24, 2.45) is 0 Å². The fraction of sp³-hybridized carbons (Fsp3) is 0.588. The molecule has 2 rings (SSSR count). The monoisotopic (exact) mass is 323 g/mol. The van der Waals surface area contributed by atoms with Gasteiger partial charge < -0.3 is 19.3 Å². The second-order valence-corrected chi connectivity index (χ2v) is 5.72. The van der Waals surface area contributed by atoms with Gasteiger partial charge in [-0.2, -0.15) is 0 Å². The summed E-state index contributed by atoms with van der Waals surface area (Å²) in [6.45, 7) is 2.79. The minimum atomic E-state index is -0.760. The molecule has 6 nitrogen and oxygen atoms in total. The average molecular weight is 323 g/mol. The van der Waals surface area contributed by atoms with Crippen LogP contribution in [0, 0.1) is 0 Å². The molecule has 0 radical (unpaired) electrons. The predicted octanol–water partition coefficient (Wildman–Crippen LogP) is 2.71. The quantitative estimate of drug-likeness (QED) is 0.868. The Labute approximate surface area is 136 Å². The number of rotatable bonds is 6. The van der Waals surface area contributed by atoms with Crippen molar-refractivity contribution in [1.29, 1.82) is 0 Å². The van der Waals surface area contributed by atoms with Crippen LogP contribution in [-0.2, 0) is 4.79 Å². The van der Waals surface area contributed by atoms with E-state index in [0.717, 1.165) is 24.9 Å². The number of hydrogen-bond donors (Lipinski definition) is 1. The third-order valence-corrected chi connectivity index (χ3v) is 4.50. The molecule has 1 aliphatic heterocycles. The molecule has 6 heteroatoms. The lowest BCUT2D eigenvalue weighted by Gasteiger charge is -2.37. The third kappa shape index (κ3) is 3.52. The van der Waals surface area contributed by atoms with Crippen LogP contribution in [0.4, 0.5) is 0 Å². The molecule has 128 valence electrons. The van der Waals surface area contributed by atoms with Crippen molar-refractivity contribution in [2.45, 2.75) is 38.3 Å². The zero-order valence-corrected chi connectivity index (χ0v) is 14.2. The lowest BCUT2D eigenvalue weighted by Crippen LogP contribution is -2.45. The van der Waals surface area contributed by atoms with Crippen LogP contribution in [0.25, 0.3) is 0 Å². The van der Waals surface area contributed by atoms with Crippen molar-refractivity contribution in [3.05, 3.63) is 17.7 Å². The maximum atomic E-state index is 11.5. The van der Waals surface area contributed by atoms with Crippen LogP contribution in [0.1, 0.15) is 37.8 Å². The van der Waals surface area contributed by atoms with E-state index < -0.39 is 12.0 Å². The van der Waals surface area contributed by atoms with E-state index in [1.807, 2.05) is 24.0 Å². The van der Waals surface area contributed by atoms with Gasteiger partial charge in [-0.3, -0.25) is 9.69 Å². The largest absolute Gasteiger partial charge is 0.493 e. The molecule has 1 N–H and O–H groups in total. The molecule has 2 atom stereocenters. The maximum absolute atomic E-state index is 11.5. The number of piperidine rings is 1. The molecule has 1 heterocycles. The zero-order chi connectivity index (χ0) is 17.0. The van der Waals surface area contributed by atoms with E-state index in [1.165, 1.54) is 0 Å². The van der Waals surface area contributed by atoms with Crippen molar-refractivity contribution >= 4 is 5.97 Å². The number of likely N-dealkylation sites (tertiary alicyclic amines) is 1. The Hall–Kier alpha value is -1.95. The van der Waals surface area contributed by atoms with Crippen LogP contribution >= 0.6 is 0 Å². The summed E-state index contributed by atoms with van der Waals surface area (Å²) in [6, 6.07) is 3.28. The molecule has 0 saturated carbocycles. The molecule has 0 aliphatic carbocycles. The minimum absolute atomic E-state index is 0.0508. The number of benzene rings is 1. The van der Waals surface area contributed by atoms with Crippen molar-refractivity contribution in [3.8, 4) is 17.2 Å². The van der Waals surface area contributed by atoms with Gasteiger partial charge >= 0.3 is 5.97 Å². The number of methoxy groups -OCH3 is 3. The summed E-state index contributed by atoms with van der Waals surface area (Å²) in [4.78, 5) is 13.6. The summed E-state index contributed by atoms with van der Waals surface area (Å²) in [5.41, 5.74) is 0.952. The lowest BCUT2D eigenvalue weighted by atomic mass is 9.96. The number of nitrogens with zero attached hydrogens (tertiary/aromatic N) is 1. The first kappa shape index (κ1) is 17.4. The third-order valence-electron chi connectivity index (χ3n) is 4.50. The molecule has 0 amide bonds. The highest BCUT2D eigenvalue weighted by Gasteiger charge is 2.32. The fourth-order valence-electron chi connectivity index (χ4n) is 3.22. The molecule has 1 aromatic carbocycles. The molecule has 23 heavy (non-hydrogen) atoms. The molecule has 0 spiro atoms. The van der Waals surface area contributed by atoms with Crippen LogP contribution in [0.15, 0.2) is 12.1 Å². The molecule has 1 aromatic rings. The van der Waals surface area contributed by atoms with Gasteiger partial charge in [-0.25, -0.2) is 0 Å². The zero-order valence-electron chi connectivity index (χ0n) is 14.2. The smallest absolute Gasteiger partial charge is 0.320 e. The second-order valence-electron chi connectivity index (χ2n) is 5.72. The van der Waals surface area contributed by atoms with Crippen LogP contribution in [-0.4, -0.2) is 49.9 Å². The highest BCUT2D eigenvalue weighted by Crippen LogP contribution is 2.41. The van der Waals surface area contributed by atoms with Crippen LogP contribution in [0.2, 0.25) is 0 Å². The van der Waals surface area contributed by atoms with Crippen molar-refractivity contribution < 1.29 is 24.1 Å². The number of ether oxygens (including phenoxy) is 3. The van der Waals surface area contributed by atoms with Gasteiger partial charge in [-0.1, -0.05) is 6.42 Å². The van der Waals surface area contributed by atoms with E-state index in [2.05, 4.69) is 0 Å². The van der Waals surface area contributed by atoms with Gasteiger partial charge in [0.1, 0.15) is 6.04 Å². The Balaban J connectivity index is 2.37. The highest BCUT2D eigenvalue weighted by molar-refractivity contribution is 5.73. The first-order chi connectivity index (χ1) is 11.0. The van der Waals surface area contributed by atoms with Crippen LogP contribution in [0.5, 0.6) is 17.2 Å². The Bertz CT molecular complexity index is 535. The van der Waals surface area contributed by atoms with E-state index in [4.69, 9.17) is 14.2 Å². The van der Waals surface area contributed by atoms with Crippen LogP contribution in [0.3, 0.4) is 0 Å². The van der Waals surface area contributed by atoms with Crippen molar-refractivity contribution in [3.63, 3.8) is 0 Å². The van der Waals surface area contributed by atoms with E-state index in [0.29, 0.717) is 23.7 Å². The number of carbonyl (C=O) groups is 1. The maximum Gasteiger partial charge on any atom is 0.320 e. The van der Waals surface area contributed by atoms with E-state index in [9.17, 15) is 9.90 Å². The Morgan fingerprint density at radius 1 is 1.17 bits per heavy atom. The van der Waals surface area contributed by atoms with Crippen molar-refractivity contribution in [1.82, 2.24) is 4.90 Å². The van der Waals surface area contributed by atoms with Crippen LogP contribution < -0.4 is 14.2 Å². The SMILES string of the molecule is COc1cc(C(C)N2CCCCC2C(=O)O)cc(OC)c1OC.